The molecule has 1 aliphatic rings. The van der Waals surface area contributed by atoms with E-state index in [4.69, 9.17) is 10.5 Å². The highest BCUT2D eigenvalue weighted by atomic mass is 16.5. The fourth-order valence-corrected chi connectivity index (χ4v) is 2.80. The van der Waals surface area contributed by atoms with Gasteiger partial charge < -0.3 is 10.5 Å². The summed E-state index contributed by atoms with van der Waals surface area (Å²) in [5.41, 5.74) is 5.78. The lowest BCUT2D eigenvalue weighted by atomic mass is 9.89. The Morgan fingerprint density at radius 1 is 1.35 bits per heavy atom. The van der Waals surface area contributed by atoms with Crippen LogP contribution in [0, 0.1) is 11.8 Å². The van der Waals surface area contributed by atoms with Gasteiger partial charge in [0, 0.05) is 12.6 Å². The minimum Gasteiger partial charge on any atom is -0.466 e. The van der Waals surface area contributed by atoms with Crippen molar-refractivity contribution in [2.45, 2.75) is 39.7 Å². The van der Waals surface area contributed by atoms with Crippen LogP contribution in [0.4, 0.5) is 0 Å². The smallest absolute Gasteiger partial charge is 0.311 e. The molecular formula is C13H26N2O2. The highest BCUT2D eigenvalue weighted by Crippen LogP contribution is 2.24. The lowest BCUT2D eigenvalue weighted by Crippen LogP contribution is -2.48. The number of hydrogen-bond acceptors (Lipinski definition) is 4. The molecule has 1 aliphatic heterocycles. The van der Waals surface area contributed by atoms with Gasteiger partial charge in [-0.05, 0) is 38.8 Å². The van der Waals surface area contributed by atoms with Gasteiger partial charge in [0.15, 0.2) is 0 Å². The van der Waals surface area contributed by atoms with Crippen LogP contribution in [0.1, 0.15) is 33.6 Å². The Labute approximate surface area is 104 Å². The first-order chi connectivity index (χ1) is 8.11. The maximum Gasteiger partial charge on any atom is 0.311 e. The van der Waals surface area contributed by atoms with Crippen LogP contribution in [0.15, 0.2) is 0 Å². The van der Waals surface area contributed by atoms with Crippen LogP contribution in [-0.2, 0) is 9.53 Å². The molecule has 1 rings (SSSR count). The van der Waals surface area contributed by atoms with E-state index in [-0.39, 0.29) is 17.9 Å². The topological polar surface area (TPSA) is 55.6 Å². The number of likely N-dealkylation sites (tertiary alicyclic amines) is 1. The summed E-state index contributed by atoms with van der Waals surface area (Å²) in [5.74, 6) is 0.0970. The third-order valence-electron chi connectivity index (χ3n) is 3.50. The van der Waals surface area contributed by atoms with Crippen LogP contribution < -0.4 is 5.73 Å². The molecule has 1 fully saturated rings. The average molecular weight is 242 g/mol. The van der Waals surface area contributed by atoms with Crippen molar-refractivity contribution in [1.82, 2.24) is 4.90 Å². The molecule has 0 aromatic heterocycles. The Morgan fingerprint density at radius 2 is 1.94 bits per heavy atom. The zero-order valence-electron chi connectivity index (χ0n) is 11.3. The van der Waals surface area contributed by atoms with E-state index in [0.29, 0.717) is 19.1 Å². The lowest BCUT2D eigenvalue weighted by molar-refractivity contribution is -0.150. The summed E-state index contributed by atoms with van der Waals surface area (Å²) in [7, 11) is 0. The molecule has 0 aromatic carbocycles. The van der Waals surface area contributed by atoms with E-state index in [1.807, 2.05) is 6.92 Å². The van der Waals surface area contributed by atoms with Gasteiger partial charge in [0.1, 0.15) is 0 Å². The van der Waals surface area contributed by atoms with Gasteiger partial charge in [-0.25, -0.2) is 0 Å². The van der Waals surface area contributed by atoms with Gasteiger partial charge in [-0.2, -0.15) is 0 Å². The first-order valence-electron chi connectivity index (χ1n) is 6.72. The molecule has 4 heteroatoms. The molecule has 4 nitrogen and oxygen atoms in total. The standard InChI is InChI=1S/C13H26N2O2/c1-4-17-13(16)11(9-14)12(10(2)3)15-7-5-6-8-15/h10-12H,4-9,14H2,1-3H3/t11-,12-/m1/s1. The lowest BCUT2D eigenvalue weighted by Gasteiger charge is -2.35. The number of nitrogens with two attached hydrogens (primary N) is 1. The first-order valence-corrected chi connectivity index (χ1v) is 6.72. The Kier molecular flexibility index (Phi) is 5.92. The van der Waals surface area contributed by atoms with E-state index in [1.54, 1.807) is 0 Å². The Morgan fingerprint density at radius 3 is 2.35 bits per heavy atom. The summed E-state index contributed by atoms with van der Waals surface area (Å²) in [6.07, 6.45) is 2.45. The second-order valence-electron chi connectivity index (χ2n) is 5.07. The van der Waals surface area contributed by atoms with E-state index < -0.39 is 0 Å². The maximum absolute atomic E-state index is 11.9. The van der Waals surface area contributed by atoms with Gasteiger partial charge in [-0.3, -0.25) is 9.69 Å². The number of rotatable bonds is 6. The van der Waals surface area contributed by atoms with Crippen molar-refractivity contribution in [3.63, 3.8) is 0 Å². The van der Waals surface area contributed by atoms with Crippen molar-refractivity contribution in [1.29, 1.82) is 0 Å². The molecule has 0 aliphatic carbocycles. The molecule has 17 heavy (non-hydrogen) atoms. The van der Waals surface area contributed by atoms with Crippen molar-refractivity contribution in [3.05, 3.63) is 0 Å². The predicted molar refractivity (Wildman–Crippen MR) is 68.6 cm³/mol. The van der Waals surface area contributed by atoms with Crippen LogP contribution in [0.5, 0.6) is 0 Å². The van der Waals surface area contributed by atoms with Crippen LogP contribution in [0.25, 0.3) is 0 Å². The van der Waals surface area contributed by atoms with Gasteiger partial charge in [0.05, 0.1) is 12.5 Å². The molecule has 0 bridgehead atoms. The predicted octanol–water partition coefficient (Wildman–Crippen LogP) is 1.24. The highest BCUT2D eigenvalue weighted by molar-refractivity contribution is 5.73. The van der Waals surface area contributed by atoms with Gasteiger partial charge in [-0.1, -0.05) is 13.8 Å². The Bertz CT molecular complexity index is 238. The quantitative estimate of drug-likeness (QED) is 0.712. The molecule has 0 saturated carbocycles. The fraction of sp³-hybridized carbons (Fsp3) is 0.923. The summed E-state index contributed by atoms with van der Waals surface area (Å²) in [4.78, 5) is 14.3. The second kappa shape index (κ2) is 6.97. The number of nitrogens with zero attached hydrogens (tertiary/aromatic N) is 1. The summed E-state index contributed by atoms with van der Waals surface area (Å²) < 4.78 is 5.14. The average Bonchev–Trinajstić information content (AvgIpc) is 2.78. The van der Waals surface area contributed by atoms with Crippen molar-refractivity contribution >= 4 is 5.97 Å². The summed E-state index contributed by atoms with van der Waals surface area (Å²) in [5, 5.41) is 0. The summed E-state index contributed by atoms with van der Waals surface area (Å²) >= 11 is 0. The number of carbonyl (C=O) groups is 1. The SMILES string of the molecule is CCOC(=O)[C@H](CN)[C@@H](C(C)C)N1CCCC1. The number of hydrogen-bond donors (Lipinski definition) is 1. The summed E-state index contributed by atoms with van der Waals surface area (Å²) in [6.45, 7) is 9.12. The van der Waals surface area contributed by atoms with Gasteiger partial charge in [0.2, 0.25) is 0 Å². The van der Waals surface area contributed by atoms with Crippen molar-refractivity contribution in [2.75, 3.05) is 26.2 Å². The Balaban J connectivity index is 2.74. The van der Waals surface area contributed by atoms with Gasteiger partial charge in [-0.15, -0.1) is 0 Å². The van der Waals surface area contributed by atoms with Crippen LogP contribution >= 0.6 is 0 Å². The minimum atomic E-state index is -0.187. The van der Waals surface area contributed by atoms with Crippen LogP contribution in [-0.4, -0.2) is 43.2 Å². The molecule has 0 unspecified atom stereocenters. The fourth-order valence-electron chi connectivity index (χ4n) is 2.80. The molecule has 0 amide bonds. The molecule has 2 atom stereocenters. The largest absolute Gasteiger partial charge is 0.466 e. The maximum atomic E-state index is 11.9. The van der Waals surface area contributed by atoms with E-state index in [9.17, 15) is 4.79 Å². The Hall–Kier alpha value is -0.610. The number of carbonyl (C=O) groups excluding carboxylic acids is 1. The third kappa shape index (κ3) is 3.68. The molecule has 0 radical (unpaired) electrons. The minimum absolute atomic E-state index is 0.138. The monoisotopic (exact) mass is 242 g/mol. The number of ether oxygens (including phenoxy) is 1. The van der Waals surface area contributed by atoms with Crippen LogP contribution in [0.3, 0.4) is 0 Å². The van der Waals surface area contributed by atoms with Crippen LogP contribution in [0.2, 0.25) is 0 Å². The van der Waals surface area contributed by atoms with Crippen molar-refractivity contribution < 1.29 is 9.53 Å². The highest BCUT2D eigenvalue weighted by Gasteiger charge is 2.35. The zero-order chi connectivity index (χ0) is 12.8. The normalized spacial score (nSPS) is 20.5. The molecular weight excluding hydrogens is 216 g/mol. The molecule has 100 valence electrons. The van der Waals surface area contributed by atoms with E-state index in [2.05, 4.69) is 18.7 Å². The van der Waals surface area contributed by atoms with E-state index in [1.165, 1.54) is 12.8 Å². The second-order valence-corrected chi connectivity index (χ2v) is 5.07. The van der Waals surface area contributed by atoms with Crippen molar-refractivity contribution in [2.24, 2.45) is 17.6 Å². The molecule has 0 aromatic rings. The third-order valence-corrected chi connectivity index (χ3v) is 3.50. The first kappa shape index (κ1) is 14.5. The van der Waals surface area contributed by atoms with E-state index >= 15 is 0 Å². The molecule has 1 heterocycles. The van der Waals surface area contributed by atoms with Crippen molar-refractivity contribution in [3.8, 4) is 0 Å². The zero-order valence-corrected chi connectivity index (χ0v) is 11.3. The summed E-state index contributed by atoms with van der Waals surface area (Å²) in [6, 6.07) is 0.224. The molecule has 0 spiro atoms. The molecule has 1 saturated heterocycles. The van der Waals surface area contributed by atoms with E-state index in [0.717, 1.165) is 13.1 Å². The molecule has 2 N–H and O–H groups in total. The number of esters is 1. The van der Waals surface area contributed by atoms with Gasteiger partial charge in [0.25, 0.3) is 0 Å². The van der Waals surface area contributed by atoms with Gasteiger partial charge >= 0.3 is 5.97 Å².